The maximum Gasteiger partial charge on any atom is 0.238 e. The smallest absolute Gasteiger partial charge is 0.238 e. The number of carbonyl (C=O) groups excluding carboxylic acids is 3. The first-order valence-corrected chi connectivity index (χ1v) is 10.9. The third-order valence-electron chi connectivity index (χ3n) is 4.72. The molecule has 0 radical (unpaired) electrons. The molecule has 1 aliphatic rings. The first kappa shape index (κ1) is 21.9. The highest BCUT2D eigenvalue weighted by atomic mass is 32.2. The lowest BCUT2D eigenvalue weighted by Gasteiger charge is -2.16. The van der Waals surface area contributed by atoms with E-state index in [1.807, 2.05) is 31.2 Å². The van der Waals surface area contributed by atoms with E-state index >= 15 is 0 Å². The van der Waals surface area contributed by atoms with Gasteiger partial charge in [0.2, 0.25) is 17.7 Å². The Morgan fingerprint density at radius 3 is 2.47 bits per heavy atom. The van der Waals surface area contributed by atoms with Gasteiger partial charge in [0.1, 0.15) is 5.76 Å². The second-order valence-corrected chi connectivity index (χ2v) is 8.77. The largest absolute Gasteiger partial charge is 0.360 e. The fourth-order valence-electron chi connectivity index (χ4n) is 2.74. The topological polar surface area (TPSA) is 113 Å². The predicted octanol–water partition coefficient (Wildman–Crippen LogP) is 3.27. The lowest BCUT2D eigenvalue weighted by molar-refractivity contribution is -0.119. The Morgan fingerprint density at radius 2 is 1.87 bits per heavy atom. The number of amides is 3. The van der Waals surface area contributed by atoms with Crippen LogP contribution >= 0.6 is 11.8 Å². The molecule has 3 N–H and O–H groups in total. The van der Waals surface area contributed by atoms with Crippen LogP contribution in [0.2, 0.25) is 0 Å². The van der Waals surface area contributed by atoms with Crippen LogP contribution in [-0.4, -0.2) is 33.9 Å². The molecule has 2 atom stereocenters. The number of hydrogen-bond donors (Lipinski definition) is 3. The van der Waals surface area contributed by atoms with Gasteiger partial charge in [-0.1, -0.05) is 17.3 Å². The van der Waals surface area contributed by atoms with Crippen LogP contribution in [0.3, 0.4) is 0 Å². The Morgan fingerprint density at radius 1 is 1.17 bits per heavy atom. The molecular weight excluding hydrogens is 404 g/mol. The summed E-state index contributed by atoms with van der Waals surface area (Å²) in [7, 11) is 0. The van der Waals surface area contributed by atoms with Gasteiger partial charge in [-0.3, -0.25) is 14.4 Å². The van der Waals surface area contributed by atoms with Crippen molar-refractivity contribution in [3.05, 3.63) is 41.7 Å². The lowest BCUT2D eigenvalue weighted by Crippen LogP contribution is -2.30. The van der Waals surface area contributed by atoms with Gasteiger partial charge in [0, 0.05) is 17.7 Å². The van der Waals surface area contributed by atoms with Gasteiger partial charge in [-0.05, 0) is 51.3 Å². The van der Waals surface area contributed by atoms with Gasteiger partial charge >= 0.3 is 0 Å². The Hall–Kier alpha value is -2.81. The second-order valence-electron chi connectivity index (χ2n) is 7.44. The Bertz CT molecular complexity index is 908. The van der Waals surface area contributed by atoms with Gasteiger partial charge in [0.15, 0.2) is 5.82 Å². The SMILES string of the molecule is Cc1cc(NC(=O)[C@H](C)SCC(=O)N[C@H](C)c2ccc(NC(=O)C3CC3)cc2)no1. The molecule has 1 heterocycles. The van der Waals surface area contributed by atoms with Crippen molar-refractivity contribution in [3.8, 4) is 0 Å². The van der Waals surface area contributed by atoms with E-state index in [2.05, 4.69) is 21.1 Å². The zero-order chi connectivity index (χ0) is 21.7. The van der Waals surface area contributed by atoms with Crippen LogP contribution in [0.5, 0.6) is 0 Å². The molecule has 8 nitrogen and oxygen atoms in total. The summed E-state index contributed by atoms with van der Waals surface area (Å²) in [6.07, 6.45) is 1.93. The maximum atomic E-state index is 12.3. The molecule has 9 heteroatoms. The molecule has 1 aliphatic carbocycles. The van der Waals surface area contributed by atoms with Crippen molar-refractivity contribution in [1.82, 2.24) is 10.5 Å². The summed E-state index contributed by atoms with van der Waals surface area (Å²) in [5, 5.41) is 11.8. The van der Waals surface area contributed by atoms with E-state index in [4.69, 9.17) is 4.52 Å². The number of benzene rings is 1. The average molecular weight is 431 g/mol. The predicted molar refractivity (Wildman–Crippen MR) is 116 cm³/mol. The molecular formula is C21H26N4O4S. The Labute approximate surface area is 179 Å². The van der Waals surface area contributed by atoms with Crippen molar-refractivity contribution < 1.29 is 18.9 Å². The van der Waals surface area contributed by atoms with Gasteiger partial charge < -0.3 is 20.5 Å². The molecule has 1 fully saturated rings. The van der Waals surface area contributed by atoms with Gasteiger partial charge in [0.25, 0.3) is 0 Å². The van der Waals surface area contributed by atoms with E-state index in [1.165, 1.54) is 11.8 Å². The molecule has 0 spiro atoms. The van der Waals surface area contributed by atoms with Crippen molar-refractivity contribution in [2.45, 2.75) is 44.9 Å². The van der Waals surface area contributed by atoms with Crippen LogP contribution in [0.4, 0.5) is 11.5 Å². The number of aryl methyl sites for hydroxylation is 1. The van der Waals surface area contributed by atoms with E-state index in [1.54, 1.807) is 19.9 Å². The number of anilines is 2. The summed E-state index contributed by atoms with van der Waals surface area (Å²) < 4.78 is 4.91. The molecule has 0 bridgehead atoms. The van der Waals surface area contributed by atoms with Gasteiger partial charge in [-0.25, -0.2) is 0 Å². The Kier molecular flexibility index (Phi) is 7.15. The molecule has 3 rings (SSSR count). The standard InChI is InChI=1S/C21H26N4O4S/c1-12-10-18(25-29-12)24-20(27)14(3)30-11-19(26)22-13(2)15-6-8-17(9-7-15)23-21(28)16-4-5-16/h6-10,13-14,16H,4-5,11H2,1-3H3,(H,22,26)(H,23,28)(H,24,25,27)/t13-,14+/m1/s1. The minimum absolute atomic E-state index is 0.0676. The molecule has 1 saturated carbocycles. The molecule has 2 aromatic rings. The highest BCUT2D eigenvalue weighted by Crippen LogP contribution is 2.30. The fraction of sp³-hybridized carbons (Fsp3) is 0.429. The fourth-order valence-corrected chi connectivity index (χ4v) is 3.44. The first-order chi connectivity index (χ1) is 14.3. The summed E-state index contributed by atoms with van der Waals surface area (Å²) >= 11 is 1.24. The van der Waals surface area contributed by atoms with Crippen molar-refractivity contribution in [2.75, 3.05) is 16.4 Å². The summed E-state index contributed by atoms with van der Waals surface area (Å²) in [6, 6.07) is 8.89. The number of thioether (sulfide) groups is 1. The summed E-state index contributed by atoms with van der Waals surface area (Å²) in [4.78, 5) is 36.2. The summed E-state index contributed by atoms with van der Waals surface area (Å²) in [5.74, 6) is 0.959. The molecule has 3 amide bonds. The molecule has 0 aliphatic heterocycles. The lowest BCUT2D eigenvalue weighted by atomic mass is 10.1. The van der Waals surface area contributed by atoms with Gasteiger partial charge in [-0.2, -0.15) is 0 Å². The summed E-state index contributed by atoms with van der Waals surface area (Å²) in [6.45, 7) is 5.37. The van der Waals surface area contributed by atoms with Crippen LogP contribution in [0.1, 0.15) is 44.1 Å². The quantitative estimate of drug-likeness (QED) is 0.563. The highest BCUT2D eigenvalue weighted by Gasteiger charge is 2.29. The normalized spacial score (nSPS) is 15.2. The van der Waals surface area contributed by atoms with Crippen molar-refractivity contribution in [2.24, 2.45) is 5.92 Å². The van der Waals surface area contributed by atoms with E-state index in [0.717, 1.165) is 24.1 Å². The van der Waals surface area contributed by atoms with Crippen LogP contribution in [0, 0.1) is 12.8 Å². The average Bonchev–Trinajstić information content (AvgIpc) is 3.49. The molecule has 30 heavy (non-hydrogen) atoms. The number of carbonyl (C=O) groups is 3. The highest BCUT2D eigenvalue weighted by molar-refractivity contribution is 8.01. The second kappa shape index (κ2) is 9.80. The van der Waals surface area contributed by atoms with Crippen molar-refractivity contribution >= 4 is 41.0 Å². The van der Waals surface area contributed by atoms with Gasteiger partial charge in [-0.15, -0.1) is 11.8 Å². The third-order valence-corrected chi connectivity index (χ3v) is 5.86. The molecule has 160 valence electrons. The number of rotatable bonds is 9. The van der Waals surface area contributed by atoms with Crippen LogP contribution < -0.4 is 16.0 Å². The van der Waals surface area contributed by atoms with Crippen LogP contribution in [-0.2, 0) is 14.4 Å². The Balaban J connectivity index is 1.41. The third kappa shape index (κ3) is 6.35. The number of nitrogens with zero attached hydrogens (tertiary/aromatic N) is 1. The minimum Gasteiger partial charge on any atom is -0.360 e. The monoisotopic (exact) mass is 430 g/mol. The molecule has 1 aromatic heterocycles. The van der Waals surface area contributed by atoms with E-state index < -0.39 is 5.25 Å². The molecule has 1 aromatic carbocycles. The van der Waals surface area contributed by atoms with E-state index in [9.17, 15) is 14.4 Å². The van der Waals surface area contributed by atoms with Crippen LogP contribution in [0.15, 0.2) is 34.9 Å². The van der Waals surface area contributed by atoms with Crippen LogP contribution in [0.25, 0.3) is 0 Å². The molecule has 0 unspecified atom stereocenters. The number of aromatic nitrogens is 1. The number of hydrogen-bond acceptors (Lipinski definition) is 6. The van der Waals surface area contributed by atoms with E-state index in [-0.39, 0.29) is 35.4 Å². The van der Waals surface area contributed by atoms with Crippen molar-refractivity contribution in [1.29, 1.82) is 0 Å². The van der Waals surface area contributed by atoms with E-state index in [0.29, 0.717) is 11.6 Å². The first-order valence-electron chi connectivity index (χ1n) is 9.88. The van der Waals surface area contributed by atoms with Crippen molar-refractivity contribution in [3.63, 3.8) is 0 Å². The minimum atomic E-state index is -0.419. The number of nitrogens with one attached hydrogen (secondary N) is 3. The zero-order valence-electron chi connectivity index (χ0n) is 17.2. The molecule has 0 saturated heterocycles. The summed E-state index contributed by atoms with van der Waals surface area (Å²) in [5.41, 5.74) is 1.69. The van der Waals surface area contributed by atoms with Gasteiger partial charge in [0.05, 0.1) is 17.0 Å². The maximum absolute atomic E-state index is 12.3. The zero-order valence-corrected chi connectivity index (χ0v) is 18.0.